The predicted molar refractivity (Wildman–Crippen MR) is 109 cm³/mol. The van der Waals surface area contributed by atoms with Crippen molar-refractivity contribution >= 4 is 64.2 Å². The van der Waals surface area contributed by atoms with Crippen molar-refractivity contribution in [2.45, 2.75) is 58.1 Å². The Hall–Kier alpha value is -1.01. The molecule has 28 heavy (non-hydrogen) atoms. The number of hydrogen-bond acceptors (Lipinski definition) is 4. The number of carbonyl (C=O) groups is 3. The molecule has 3 rings (SSSR count). The van der Waals surface area contributed by atoms with Crippen molar-refractivity contribution in [2.24, 2.45) is 5.92 Å². The molecule has 1 saturated carbocycles. The third-order valence-corrected chi connectivity index (χ3v) is 6.92. The molecule has 1 aliphatic carbocycles. The average Bonchev–Trinajstić information content (AvgIpc) is 2.90. The van der Waals surface area contributed by atoms with Gasteiger partial charge in [0, 0.05) is 0 Å². The number of amides is 2. The monoisotopic (exact) mass is 465 g/mol. The maximum atomic E-state index is 13.0. The molecule has 152 valence electrons. The summed E-state index contributed by atoms with van der Waals surface area (Å²) in [6, 6.07) is -1.10. The van der Waals surface area contributed by atoms with E-state index in [1.54, 1.807) is 13.8 Å². The van der Waals surface area contributed by atoms with Crippen LogP contribution in [-0.4, -0.2) is 34.8 Å². The first-order valence-electron chi connectivity index (χ1n) is 9.11. The van der Waals surface area contributed by atoms with Gasteiger partial charge in [0.15, 0.2) is 0 Å². The number of ether oxygens (including phenoxy) is 1. The highest BCUT2D eigenvalue weighted by Crippen LogP contribution is 2.45. The lowest BCUT2D eigenvalue weighted by Crippen LogP contribution is -2.49. The van der Waals surface area contributed by atoms with Crippen LogP contribution in [0.4, 0.5) is 0 Å². The van der Waals surface area contributed by atoms with E-state index in [4.69, 9.17) is 51.1 Å². The first kappa shape index (κ1) is 21.7. The van der Waals surface area contributed by atoms with E-state index in [0.717, 1.165) is 37.0 Å². The van der Waals surface area contributed by atoms with E-state index in [1.807, 2.05) is 0 Å². The number of carbonyl (C=O) groups excluding carboxylic acids is 3. The van der Waals surface area contributed by atoms with Crippen LogP contribution >= 0.6 is 46.4 Å². The molecule has 2 aliphatic rings. The molecular weight excluding hydrogens is 448 g/mol. The molecule has 0 saturated heterocycles. The van der Waals surface area contributed by atoms with Crippen molar-refractivity contribution in [1.29, 1.82) is 0 Å². The van der Waals surface area contributed by atoms with Gasteiger partial charge in [0.1, 0.15) is 12.1 Å². The van der Waals surface area contributed by atoms with Gasteiger partial charge in [-0.3, -0.25) is 14.5 Å². The summed E-state index contributed by atoms with van der Waals surface area (Å²) in [4.78, 5) is 39.8. The van der Waals surface area contributed by atoms with Crippen molar-refractivity contribution in [1.82, 2.24) is 4.90 Å². The number of hydrogen-bond donors (Lipinski definition) is 0. The molecule has 0 N–H and O–H groups in total. The Balaban J connectivity index is 1.97. The van der Waals surface area contributed by atoms with Gasteiger partial charge in [-0.2, -0.15) is 0 Å². The van der Waals surface area contributed by atoms with E-state index in [9.17, 15) is 14.4 Å². The van der Waals surface area contributed by atoms with Gasteiger partial charge in [-0.15, -0.1) is 0 Å². The minimum atomic E-state index is -1.10. The van der Waals surface area contributed by atoms with Crippen molar-refractivity contribution in [3.8, 4) is 0 Å². The van der Waals surface area contributed by atoms with Gasteiger partial charge < -0.3 is 4.74 Å². The standard InChI is InChI=1S/C19H19Cl4NO4/c1-8(2)16(19(27)28-9-6-4-3-5-7-9)24-17(25)10-11(18(24)26)13(21)15(23)14(22)12(10)20/h8-9,16H,3-7H2,1-2H3. The van der Waals surface area contributed by atoms with E-state index in [-0.39, 0.29) is 43.2 Å². The molecule has 1 atom stereocenters. The van der Waals surface area contributed by atoms with Crippen LogP contribution in [0.3, 0.4) is 0 Å². The van der Waals surface area contributed by atoms with Gasteiger partial charge in [0.05, 0.1) is 31.2 Å². The molecule has 1 aromatic rings. The van der Waals surface area contributed by atoms with Gasteiger partial charge in [-0.25, -0.2) is 4.79 Å². The summed E-state index contributed by atoms with van der Waals surface area (Å²) in [7, 11) is 0. The van der Waals surface area contributed by atoms with Crippen molar-refractivity contribution < 1.29 is 19.1 Å². The van der Waals surface area contributed by atoms with Crippen LogP contribution in [0.2, 0.25) is 20.1 Å². The lowest BCUT2D eigenvalue weighted by molar-refractivity contribution is -0.156. The number of halogens is 4. The molecule has 0 radical (unpaired) electrons. The Labute approximate surface area is 183 Å². The summed E-state index contributed by atoms with van der Waals surface area (Å²) in [6.45, 7) is 3.47. The molecule has 1 heterocycles. The second kappa shape index (κ2) is 8.39. The van der Waals surface area contributed by atoms with E-state index in [2.05, 4.69) is 0 Å². The van der Waals surface area contributed by atoms with E-state index < -0.39 is 23.8 Å². The Morgan fingerprint density at radius 1 is 0.893 bits per heavy atom. The minimum Gasteiger partial charge on any atom is -0.461 e. The van der Waals surface area contributed by atoms with Crippen LogP contribution in [0, 0.1) is 5.92 Å². The molecule has 1 unspecified atom stereocenters. The van der Waals surface area contributed by atoms with Gasteiger partial charge >= 0.3 is 5.97 Å². The molecule has 0 spiro atoms. The van der Waals surface area contributed by atoms with Gasteiger partial charge in [0.2, 0.25) is 0 Å². The maximum Gasteiger partial charge on any atom is 0.329 e. The molecule has 1 aliphatic heterocycles. The summed E-state index contributed by atoms with van der Waals surface area (Å²) < 4.78 is 5.63. The average molecular weight is 467 g/mol. The fourth-order valence-electron chi connectivity index (χ4n) is 3.71. The number of fused-ring (bicyclic) bond motifs is 1. The predicted octanol–water partition coefficient (Wildman–Crippen LogP) is 5.80. The second-order valence-corrected chi connectivity index (χ2v) is 8.88. The summed E-state index contributed by atoms with van der Waals surface area (Å²) in [5.74, 6) is -2.45. The molecule has 0 aromatic heterocycles. The van der Waals surface area contributed by atoms with Crippen molar-refractivity contribution in [3.05, 3.63) is 31.2 Å². The zero-order valence-corrected chi connectivity index (χ0v) is 18.4. The number of benzene rings is 1. The van der Waals surface area contributed by atoms with Crippen LogP contribution in [0.15, 0.2) is 0 Å². The van der Waals surface area contributed by atoms with E-state index >= 15 is 0 Å². The second-order valence-electron chi connectivity index (χ2n) is 7.37. The van der Waals surface area contributed by atoms with E-state index in [0.29, 0.717) is 0 Å². The van der Waals surface area contributed by atoms with Crippen LogP contribution < -0.4 is 0 Å². The smallest absolute Gasteiger partial charge is 0.329 e. The van der Waals surface area contributed by atoms with Crippen LogP contribution in [-0.2, 0) is 9.53 Å². The van der Waals surface area contributed by atoms with Crippen LogP contribution in [0.1, 0.15) is 66.7 Å². The highest BCUT2D eigenvalue weighted by molar-refractivity contribution is 6.55. The summed E-state index contributed by atoms with van der Waals surface area (Å²) in [5, 5.41) is -0.535. The minimum absolute atomic E-state index is 0.110. The number of imide groups is 1. The normalized spacial score (nSPS) is 18.6. The molecule has 9 heteroatoms. The molecule has 1 fully saturated rings. The first-order valence-corrected chi connectivity index (χ1v) is 10.6. The number of rotatable bonds is 4. The van der Waals surface area contributed by atoms with E-state index in [1.165, 1.54) is 0 Å². The van der Waals surface area contributed by atoms with Crippen molar-refractivity contribution in [3.63, 3.8) is 0 Å². The first-order chi connectivity index (χ1) is 13.2. The highest BCUT2D eigenvalue weighted by atomic mass is 35.5. The van der Waals surface area contributed by atoms with Gasteiger partial charge in [0.25, 0.3) is 11.8 Å². The summed E-state index contributed by atoms with van der Waals surface area (Å²) in [5.41, 5.74) is -0.274. The molecular formula is C19H19Cl4NO4. The number of esters is 1. The highest BCUT2D eigenvalue weighted by Gasteiger charge is 2.48. The maximum absolute atomic E-state index is 13.0. The fraction of sp³-hybridized carbons (Fsp3) is 0.526. The topological polar surface area (TPSA) is 63.7 Å². The van der Waals surface area contributed by atoms with Gasteiger partial charge in [-0.05, 0) is 31.6 Å². The Morgan fingerprint density at radius 2 is 1.36 bits per heavy atom. The zero-order valence-electron chi connectivity index (χ0n) is 15.4. The third-order valence-electron chi connectivity index (χ3n) is 5.12. The zero-order chi connectivity index (χ0) is 20.7. The fourth-order valence-corrected chi connectivity index (χ4v) is 4.73. The quantitative estimate of drug-likeness (QED) is 0.243. The summed E-state index contributed by atoms with van der Waals surface area (Å²) >= 11 is 24.4. The SMILES string of the molecule is CC(C)C(C(=O)OC1CCCCC1)N1C(=O)c2c(Cl)c(Cl)c(Cl)c(Cl)c2C1=O. The van der Waals surface area contributed by atoms with Crippen LogP contribution in [0.25, 0.3) is 0 Å². The van der Waals surface area contributed by atoms with Gasteiger partial charge in [-0.1, -0.05) is 66.7 Å². The summed E-state index contributed by atoms with van der Waals surface area (Å²) in [6.07, 6.45) is 4.44. The lowest BCUT2D eigenvalue weighted by Gasteiger charge is -2.30. The Kier molecular flexibility index (Phi) is 6.50. The Morgan fingerprint density at radius 3 is 1.79 bits per heavy atom. The number of nitrogens with zero attached hydrogens (tertiary/aromatic N) is 1. The molecule has 1 aromatic carbocycles. The largest absolute Gasteiger partial charge is 0.461 e. The third kappa shape index (κ3) is 3.62. The Bertz CT molecular complexity index is 802. The van der Waals surface area contributed by atoms with Crippen LogP contribution in [0.5, 0.6) is 0 Å². The molecule has 0 bridgehead atoms. The molecule has 2 amide bonds. The van der Waals surface area contributed by atoms with Crippen molar-refractivity contribution in [2.75, 3.05) is 0 Å². The lowest BCUT2D eigenvalue weighted by atomic mass is 9.97. The molecule has 5 nitrogen and oxygen atoms in total.